The van der Waals surface area contributed by atoms with Crippen molar-refractivity contribution < 1.29 is 17.6 Å². The van der Waals surface area contributed by atoms with Crippen molar-refractivity contribution in [2.45, 2.75) is 50.8 Å². The molecule has 42 heavy (non-hydrogen) atoms. The van der Waals surface area contributed by atoms with Crippen LogP contribution in [0.2, 0.25) is 0 Å². The molecule has 1 aliphatic carbocycles. The van der Waals surface area contributed by atoms with Gasteiger partial charge in [-0.1, -0.05) is 38.1 Å². The van der Waals surface area contributed by atoms with Gasteiger partial charge in [-0.3, -0.25) is 4.98 Å². The first-order chi connectivity index (χ1) is 19.7. The third-order valence-corrected chi connectivity index (χ3v) is 7.52. The van der Waals surface area contributed by atoms with Crippen molar-refractivity contribution in [1.29, 1.82) is 10.5 Å². The van der Waals surface area contributed by atoms with E-state index >= 15 is 0 Å². The van der Waals surface area contributed by atoms with Gasteiger partial charge in [-0.05, 0) is 48.1 Å². The van der Waals surface area contributed by atoms with Gasteiger partial charge in [0.15, 0.2) is 5.54 Å². The molecule has 0 bridgehead atoms. The molecule has 1 saturated carbocycles. The number of halogens is 4. The number of nitrogens with zero attached hydrogens (tertiary/aromatic N) is 6. The van der Waals surface area contributed by atoms with Crippen LogP contribution in [0.5, 0.6) is 0 Å². The fourth-order valence-electron chi connectivity index (χ4n) is 4.91. The van der Waals surface area contributed by atoms with Gasteiger partial charge in [-0.15, -0.1) is 5.10 Å². The number of rotatable bonds is 7. The van der Waals surface area contributed by atoms with Gasteiger partial charge < -0.3 is 10.6 Å². The van der Waals surface area contributed by atoms with E-state index in [1.807, 2.05) is 20.8 Å². The highest BCUT2D eigenvalue weighted by Crippen LogP contribution is 2.55. The van der Waals surface area contributed by atoms with Gasteiger partial charge in [0.05, 0.1) is 34.0 Å². The summed E-state index contributed by atoms with van der Waals surface area (Å²) in [6.45, 7) is 6.64. The Kier molecular flexibility index (Phi) is 6.88. The molecule has 5 rings (SSSR count). The number of pyridine rings is 1. The lowest BCUT2D eigenvalue weighted by Gasteiger charge is -2.31. The summed E-state index contributed by atoms with van der Waals surface area (Å²) < 4.78 is 56.3. The monoisotopic (exact) mass is 574 g/mol. The van der Waals surface area contributed by atoms with Crippen LogP contribution in [0.3, 0.4) is 0 Å². The molecule has 0 aliphatic heterocycles. The fourth-order valence-corrected chi connectivity index (χ4v) is 4.91. The molecule has 8 nitrogen and oxygen atoms in total. The normalized spacial score (nSPS) is 15.8. The van der Waals surface area contributed by atoms with E-state index in [2.05, 4.69) is 38.1 Å². The first-order valence-electron chi connectivity index (χ1n) is 13.3. The van der Waals surface area contributed by atoms with Crippen LogP contribution in [-0.4, -0.2) is 40.5 Å². The number of hydrogen-bond acceptors (Lipinski definition) is 7. The van der Waals surface area contributed by atoms with E-state index in [9.17, 15) is 28.1 Å². The van der Waals surface area contributed by atoms with E-state index in [1.54, 1.807) is 20.0 Å². The van der Waals surface area contributed by atoms with Crippen molar-refractivity contribution in [3.63, 3.8) is 0 Å². The second-order valence-corrected chi connectivity index (χ2v) is 11.9. The van der Waals surface area contributed by atoms with Gasteiger partial charge in [0, 0.05) is 23.8 Å². The maximum absolute atomic E-state index is 13.9. The van der Waals surface area contributed by atoms with Gasteiger partial charge in [0.1, 0.15) is 31.5 Å². The smallest absolute Gasteiger partial charge is 0.383 e. The van der Waals surface area contributed by atoms with E-state index in [0.29, 0.717) is 39.9 Å². The molecule has 2 heterocycles. The molecule has 0 amide bonds. The number of nitriles is 2. The van der Waals surface area contributed by atoms with Crippen LogP contribution in [0, 0.1) is 33.9 Å². The minimum absolute atomic E-state index is 0.102. The maximum Gasteiger partial charge on any atom is 0.413 e. The molecule has 2 aromatic carbocycles. The summed E-state index contributed by atoms with van der Waals surface area (Å²) in [5.74, 6) is -0.485. The topological polar surface area (TPSA) is 115 Å². The Labute approximate surface area is 240 Å². The molecule has 1 unspecified atom stereocenters. The number of fused-ring (bicyclic) bond motifs is 1. The number of alkyl halides is 3. The lowest BCUT2D eigenvalue weighted by Crippen LogP contribution is -2.38. The molecule has 2 N–H and O–H groups in total. The quantitative estimate of drug-likeness (QED) is 0.231. The van der Waals surface area contributed by atoms with Crippen molar-refractivity contribution in [3.05, 3.63) is 77.0 Å². The molecular weight excluding hydrogens is 547 g/mol. The minimum atomic E-state index is -4.50. The van der Waals surface area contributed by atoms with Gasteiger partial charge in [0.2, 0.25) is 0 Å². The molecule has 1 fully saturated rings. The zero-order valence-corrected chi connectivity index (χ0v) is 23.4. The zero-order valence-electron chi connectivity index (χ0n) is 23.4. The van der Waals surface area contributed by atoms with Gasteiger partial charge in [-0.2, -0.15) is 23.7 Å². The van der Waals surface area contributed by atoms with Crippen molar-refractivity contribution in [2.24, 2.45) is 5.41 Å². The van der Waals surface area contributed by atoms with Gasteiger partial charge >= 0.3 is 6.18 Å². The Hall–Kier alpha value is -4.65. The SMILES string of the molecule is BC(Nc1cc(C#N)c2ncc(C#N)c(NCC(C)(C)C)c2c1)(c1ccc(F)cc1)c1cn(C2(C(F)(F)F)CC2)nn1. The Morgan fingerprint density at radius 2 is 1.71 bits per heavy atom. The first kappa shape index (κ1) is 28.9. The van der Waals surface area contributed by atoms with Gasteiger partial charge in [0.25, 0.3) is 0 Å². The highest BCUT2D eigenvalue weighted by atomic mass is 19.4. The summed E-state index contributed by atoms with van der Waals surface area (Å²) in [6, 6.07) is 13.1. The molecule has 2 aromatic heterocycles. The molecule has 1 atom stereocenters. The summed E-state index contributed by atoms with van der Waals surface area (Å²) in [6.07, 6.45) is -2.03. The predicted octanol–water partition coefficient (Wildman–Crippen LogP) is 5.16. The Bertz CT molecular complexity index is 1740. The third kappa shape index (κ3) is 5.11. The lowest BCUT2D eigenvalue weighted by atomic mass is 9.69. The highest BCUT2D eigenvalue weighted by Gasteiger charge is 2.66. The molecule has 214 valence electrons. The largest absolute Gasteiger partial charge is 0.413 e. The average Bonchev–Trinajstić information content (AvgIpc) is 3.61. The Balaban J connectivity index is 1.66. The molecule has 0 saturated heterocycles. The fraction of sp³-hybridized carbons (Fsp3) is 0.345. The van der Waals surface area contributed by atoms with Crippen LogP contribution in [0.25, 0.3) is 10.9 Å². The van der Waals surface area contributed by atoms with Crippen LogP contribution in [0.1, 0.15) is 56.0 Å². The highest BCUT2D eigenvalue weighted by molar-refractivity contribution is 6.19. The first-order valence-corrected chi connectivity index (χ1v) is 13.3. The minimum Gasteiger partial charge on any atom is -0.383 e. The summed E-state index contributed by atoms with van der Waals surface area (Å²) in [5.41, 5.74) is -1.05. The van der Waals surface area contributed by atoms with E-state index < -0.39 is 23.0 Å². The number of anilines is 2. The standard InChI is InChI=1S/C29H27BF4N8/c1-26(2,3)16-38-25-18(13-36)14-37-24-17(12-35)10-21(11-22(24)25)39-28(30,19-4-6-20(31)7-5-19)23-15-42(41-40-23)27(8-9-27)29(32,33)34/h4-7,10-11,14-15,39H,8-9,16,30H2,1-3H3,(H,37,38). The summed E-state index contributed by atoms with van der Waals surface area (Å²) >= 11 is 0. The lowest BCUT2D eigenvalue weighted by molar-refractivity contribution is -0.182. The summed E-state index contributed by atoms with van der Waals surface area (Å²) in [4.78, 5) is 4.37. The predicted molar refractivity (Wildman–Crippen MR) is 152 cm³/mol. The number of aromatic nitrogens is 4. The van der Waals surface area contributed by atoms with E-state index in [4.69, 9.17) is 0 Å². The number of hydrogen-bond donors (Lipinski definition) is 2. The van der Waals surface area contributed by atoms with Crippen molar-refractivity contribution >= 4 is 30.1 Å². The molecule has 4 aromatic rings. The van der Waals surface area contributed by atoms with E-state index in [0.717, 1.165) is 4.68 Å². The van der Waals surface area contributed by atoms with Crippen molar-refractivity contribution in [1.82, 2.24) is 20.0 Å². The van der Waals surface area contributed by atoms with Crippen molar-refractivity contribution in [2.75, 3.05) is 17.2 Å². The second kappa shape index (κ2) is 10.0. The van der Waals surface area contributed by atoms with Crippen LogP contribution in [-0.2, 0) is 11.0 Å². The third-order valence-electron chi connectivity index (χ3n) is 7.52. The van der Waals surface area contributed by atoms with Crippen LogP contribution >= 0.6 is 0 Å². The molecule has 0 radical (unpaired) electrons. The Morgan fingerprint density at radius 1 is 1.05 bits per heavy atom. The van der Waals surface area contributed by atoms with Crippen molar-refractivity contribution in [3.8, 4) is 12.1 Å². The van der Waals surface area contributed by atoms with Crippen LogP contribution in [0.4, 0.5) is 28.9 Å². The Morgan fingerprint density at radius 3 is 2.29 bits per heavy atom. The molecular formula is C29H27BF4N8. The summed E-state index contributed by atoms with van der Waals surface area (Å²) in [5, 5.41) is 35.0. The number of nitrogens with one attached hydrogen (secondary N) is 2. The molecule has 0 spiro atoms. The molecule has 13 heteroatoms. The van der Waals surface area contributed by atoms with Crippen LogP contribution < -0.4 is 10.6 Å². The maximum atomic E-state index is 13.9. The van der Waals surface area contributed by atoms with E-state index in [-0.39, 0.29) is 29.5 Å². The average molecular weight is 574 g/mol. The zero-order chi connectivity index (χ0) is 30.5. The summed E-state index contributed by atoms with van der Waals surface area (Å²) in [7, 11) is 1.70. The second-order valence-electron chi connectivity index (χ2n) is 11.9. The van der Waals surface area contributed by atoms with E-state index in [1.165, 1.54) is 36.7 Å². The molecule has 1 aliphatic rings. The number of benzene rings is 2. The van der Waals surface area contributed by atoms with Crippen LogP contribution in [0.15, 0.2) is 48.8 Å². The van der Waals surface area contributed by atoms with Gasteiger partial charge in [-0.25, -0.2) is 9.07 Å².